The van der Waals surface area contributed by atoms with Crippen LogP contribution < -0.4 is 5.73 Å². The molecule has 0 aliphatic heterocycles. The van der Waals surface area contributed by atoms with Gasteiger partial charge in [-0.05, 0) is 30.2 Å². The smallest absolute Gasteiger partial charge is 0.391 e. The van der Waals surface area contributed by atoms with Crippen LogP contribution in [0.2, 0.25) is 0 Å². The summed E-state index contributed by atoms with van der Waals surface area (Å²) in [6.07, 6.45) is -10.4. The van der Waals surface area contributed by atoms with Crippen LogP contribution in [0.15, 0.2) is 18.2 Å². The zero-order chi connectivity index (χ0) is 16.4. The second kappa shape index (κ2) is 6.23. The molecule has 0 bridgehead atoms. The third-order valence-electron chi connectivity index (χ3n) is 3.04. The highest BCUT2D eigenvalue weighted by atomic mass is 19.4. The van der Waals surface area contributed by atoms with Crippen molar-refractivity contribution >= 4 is 0 Å². The molecule has 0 radical (unpaired) electrons. The van der Waals surface area contributed by atoms with Crippen molar-refractivity contribution in [3.63, 3.8) is 0 Å². The summed E-state index contributed by atoms with van der Waals surface area (Å²) in [5.41, 5.74) is 2.27. The lowest BCUT2D eigenvalue weighted by Gasteiger charge is -2.23. The van der Waals surface area contributed by atoms with E-state index in [0.29, 0.717) is 24.6 Å². The Labute approximate surface area is 117 Å². The van der Waals surface area contributed by atoms with Crippen molar-refractivity contribution in [3.05, 3.63) is 34.9 Å². The van der Waals surface area contributed by atoms with E-state index in [1.54, 1.807) is 6.92 Å². The van der Waals surface area contributed by atoms with Gasteiger partial charge in [-0.3, -0.25) is 0 Å². The summed E-state index contributed by atoms with van der Waals surface area (Å²) < 4.78 is 76.5. The fourth-order valence-corrected chi connectivity index (χ4v) is 1.96. The van der Waals surface area contributed by atoms with Gasteiger partial charge in [0, 0.05) is 0 Å². The second-order valence-electron chi connectivity index (χ2n) is 4.68. The molecule has 2 nitrogen and oxygen atoms in total. The van der Waals surface area contributed by atoms with Crippen molar-refractivity contribution in [3.8, 4) is 0 Å². The number of benzene rings is 1. The number of nitrogens with two attached hydrogens (primary N) is 1. The molecule has 0 aromatic heterocycles. The van der Waals surface area contributed by atoms with Crippen LogP contribution in [0.1, 0.15) is 42.5 Å². The molecule has 0 fully saturated rings. The lowest BCUT2D eigenvalue weighted by Crippen LogP contribution is -2.29. The number of hydrogen-bond acceptors (Lipinski definition) is 2. The molecular formula is C13H15F6NO. The van der Waals surface area contributed by atoms with E-state index in [2.05, 4.69) is 0 Å². The van der Waals surface area contributed by atoms with Gasteiger partial charge in [0.15, 0.2) is 0 Å². The number of aliphatic hydroxyl groups is 1. The monoisotopic (exact) mass is 315 g/mol. The molecule has 1 rings (SSSR count). The predicted octanol–water partition coefficient (Wildman–Crippen LogP) is 3.89. The number of aliphatic hydroxyl groups excluding tert-OH is 1. The van der Waals surface area contributed by atoms with E-state index in [9.17, 15) is 31.4 Å². The molecule has 0 unspecified atom stereocenters. The SMILES string of the molecule is CCC[C@H](O)[C@H](N)c1cc(C(F)(F)F)ccc1C(F)(F)F. The van der Waals surface area contributed by atoms with E-state index in [4.69, 9.17) is 5.73 Å². The van der Waals surface area contributed by atoms with Crippen LogP contribution in [0, 0.1) is 0 Å². The van der Waals surface area contributed by atoms with E-state index in [1.165, 1.54) is 0 Å². The van der Waals surface area contributed by atoms with Gasteiger partial charge in [0.05, 0.1) is 23.3 Å². The standard InChI is InChI=1S/C13H15F6NO/c1-2-3-10(21)11(20)8-6-7(12(14,15)16)4-5-9(8)13(17,18)19/h4-6,10-11,21H,2-3,20H2,1H3/t10-,11+/m0/s1. The quantitative estimate of drug-likeness (QED) is 0.828. The van der Waals surface area contributed by atoms with E-state index < -0.39 is 41.2 Å². The fraction of sp³-hybridized carbons (Fsp3) is 0.538. The molecular weight excluding hydrogens is 300 g/mol. The van der Waals surface area contributed by atoms with Gasteiger partial charge < -0.3 is 10.8 Å². The minimum atomic E-state index is -4.84. The van der Waals surface area contributed by atoms with Gasteiger partial charge in [0.25, 0.3) is 0 Å². The minimum absolute atomic E-state index is 0.0920. The molecule has 0 saturated heterocycles. The molecule has 1 aromatic rings. The highest BCUT2D eigenvalue weighted by Crippen LogP contribution is 2.39. The predicted molar refractivity (Wildman–Crippen MR) is 64.3 cm³/mol. The lowest BCUT2D eigenvalue weighted by molar-refractivity contribution is -0.142. The van der Waals surface area contributed by atoms with Gasteiger partial charge in [0.1, 0.15) is 0 Å². The summed E-state index contributed by atoms with van der Waals surface area (Å²) in [6, 6.07) is -0.488. The Bertz CT molecular complexity index is 483. The number of hydrogen-bond donors (Lipinski definition) is 2. The number of alkyl halides is 6. The van der Waals surface area contributed by atoms with Crippen molar-refractivity contribution in [2.45, 2.75) is 44.3 Å². The van der Waals surface area contributed by atoms with Crippen LogP contribution in [0.25, 0.3) is 0 Å². The van der Waals surface area contributed by atoms with Crippen molar-refractivity contribution in [1.29, 1.82) is 0 Å². The topological polar surface area (TPSA) is 46.2 Å². The van der Waals surface area contributed by atoms with Crippen LogP contribution >= 0.6 is 0 Å². The summed E-state index contributed by atoms with van der Waals surface area (Å²) in [7, 11) is 0. The maximum absolute atomic E-state index is 12.9. The molecule has 8 heteroatoms. The molecule has 0 aliphatic rings. The van der Waals surface area contributed by atoms with Gasteiger partial charge in [-0.25, -0.2) is 0 Å². The summed E-state index contributed by atoms with van der Waals surface area (Å²) in [4.78, 5) is 0. The summed E-state index contributed by atoms with van der Waals surface area (Å²) in [6.45, 7) is 1.67. The van der Waals surface area contributed by atoms with Gasteiger partial charge in [0.2, 0.25) is 0 Å². The normalized spacial score (nSPS) is 15.9. The van der Waals surface area contributed by atoms with Gasteiger partial charge in [-0.15, -0.1) is 0 Å². The first-order chi connectivity index (χ1) is 9.48. The number of rotatable bonds is 4. The summed E-state index contributed by atoms with van der Waals surface area (Å²) in [5, 5.41) is 9.68. The van der Waals surface area contributed by atoms with Crippen LogP contribution in [0.4, 0.5) is 26.3 Å². The molecule has 0 saturated carbocycles. The Kier molecular flexibility index (Phi) is 5.27. The Hall–Kier alpha value is -1.28. The summed E-state index contributed by atoms with van der Waals surface area (Å²) in [5.74, 6) is 0. The molecule has 1 aromatic carbocycles. The van der Waals surface area contributed by atoms with Gasteiger partial charge in [-0.1, -0.05) is 13.3 Å². The molecule has 0 aliphatic carbocycles. The zero-order valence-electron chi connectivity index (χ0n) is 11.1. The van der Waals surface area contributed by atoms with Gasteiger partial charge >= 0.3 is 12.4 Å². The highest BCUT2D eigenvalue weighted by Gasteiger charge is 2.39. The molecule has 0 amide bonds. The van der Waals surface area contributed by atoms with Crippen LogP contribution in [0.5, 0.6) is 0 Å². The van der Waals surface area contributed by atoms with E-state index >= 15 is 0 Å². The third kappa shape index (κ3) is 4.34. The summed E-state index contributed by atoms with van der Waals surface area (Å²) >= 11 is 0. The van der Waals surface area contributed by atoms with Crippen molar-refractivity contribution in [2.75, 3.05) is 0 Å². The Balaban J connectivity index is 3.36. The first kappa shape index (κ1) is 17.8. The fourth-order valence-electron chi connectivity index (χ4n) is 1.96. The van der Waals surface area contributed by atoms with Crippen molar-refractivity contribution in [1.82, 2.24) is 0 Å². The third-order valence-corrected chi connectivity index (χ3v) is 3.04. The maximum atomic E-state index is 12.9. The Morgan fingerprint density at radius 3 is 2.10 bits per heavy atom. The molecule has 21 heavy (non-hydrogen) atoms. The molecule has 0 heterocycles. The highest BCUT2D eigenvalue weighted by molar-refractivity contribution is 5.38. The second-order valence-corrected chi connectivity index (χ2v) is 4.68. The molecule has 2 atom stereocenters. The minimum Gasteiger partial charge on any atom is -0.391 e. The van der Waals surface area contributed by atoms with Gasteiger partial charge in [-0.2, -0.15) is 26.3 Å². The van der Waals surface area contributed by atoms with E-state index in [0.717, 1.165) is 0 Å². The van der Waals surface area contributed by atoms with E-state index in [1.807, 2.05) is 0 Å². The van der Waals surface area contributed by atoms with Crippen LogP contribution in [-0.4, -0.2) is 11.2 Å². The Morgan fingerprint density at radius 2 is 1.67 bits per heavy atom. The average Bonchev–Trinajstić information content (AvgIpc) is 2.35. The first-order valence-electron chi connectivity index (χ1n) is 6.20. The lowest BCUT2D eigenvalue weighted by atomic mass is 9.92. The Morgan fingerprint density at radius 1 is 1.10 bits per heavy atom. The number of halogens is 6. The maximum Gasteiger partial charge on any atom is 0.416 e. The zero-order valence-corrected chi connectivity index (χ0v) is 11.1. The first-order valence-corrected chi connectivity index (χ1v) is 6.20. The molecule has 0 spiro atoms. The van der Waals surface area contributed by atoms with Crippen LogP contribution in [-0.2, 0) is 12.4 Å². The van der Waals surface area contributed by atoms with Crippen molar-refractivity contribution < 1.29 is 31.4 Å². The van der Waals surface area contributed by atoms with E-state index in [-0.39, 0.29) is 6.42 Å². The van der Waals surface area contributed by atoms with Crippen molar-refractivity contribution in [2.24, 2.45) is 5.73 Å². The largest absolute Gasteiger partial charge is 0.416 e. The average molecular weight is 315 g/mol. The molecule has 3 N–H and O–H groups in total. The van der Waals surface area contributed by atoms with Crippen LogP contribution in [0.3, 0.4) is 0 Å². The molecule has 120 valence electrons.